The molecular formula is C14H20N2O2. The third kappa shape index (κ3) is 3.81. The van der Waals surface area contributed by atoms with E-state index in [1.165, 1.54) is 25.7 Å². The van der Waals surface area contributed by atoms with Gasteiger partial charge in [0.15, 0.2) is 0 Å². The van der Waals surface area contributed by atoms with E-state index in [1.54, 1.807) is 12.1 Å². The fraction of sp³-hybridized carbons (Fsp3) is 0.571. The Labute approximate surface area is 108 Å². The highest BCUT2D eigenvalue weighted by molar-refractivity contribution is 5.32. The fourth-order valence-electron chi connectivity index (χ4n) is 2.54. The van der Waals surface area contributed by atoms with Crippen LogP contribution in [0.1, 0.15) is 31.2 Å². The molecular weight excluding hydrogens is 228 g/mol. The molecule has 1 fully saturated rings. The first-order valence-corrected chi connectivity index (χ1v) is 6.70. The lowest BCUT2D eigenvalue weighted by Gasteiger charge is -2.10. The molecule has 0 unspecified atom stereocenters. The first kappa shape index (κ1) is 13.0. The van der Waals surface area contributed by atoms with E-state index in [0.717, 1.165) is 31.0 Å². The second-order valence-electron chi connectivity index (χ2n) is 5.03. The Morgan fingerprint density at radius 3 is 2.50 bits per heavy atom. The summed E-state index contributed by atoms with van der Waals surface area (Å²) in [6.07, 6.45) is 6.43. The molecule has 0 aliphatic heterocycles. The summed E-state index contributed by atoms with van der Waals surface area (Å²) >= 11 is 0. The van der Waals surface area contributed by atoms with Gasteiger partial charge >= 0.3 is 0 Å². The quantitative estimate of drug-likeness (QED) is 0.478. The SMILES string of the molecule is O=[N+]([O-])c1ccc(CCNCC2CCCC2)cc1. The van der Waals surface area contributed by atoms with Gasteiger partial charge in [-0.1, -0.05) is 25.0 Å². The maximum Gasteiger partial charge on any atom is 0.269 e. The van der Waals surface area contributed by atoms with Crippen molar-refractivity contribution in [2.45, 2.75) is 32.1 Å². The Hall–Kier alpha value is -1.42. The van der Waals surface area contributed by atoms with Gasteiger partial charge in [-0.15, -0.1) is 0 Å². The molecule has 0 atom stereocenters. The minimum Gasteiger partial charge on any atom is -0.316 e. The molecule has 1 aliphatic rings. The lowest BCUT2D eigenvalue weighted by atomic mass is 10.1. The van der Waals surface area contributed by atoms with Crippen LogP contribution >= 0.6 is 0 Å². The summed E-state index contributed by atoms with van der Waals surface area (Å²) in [5.41, 5.74) is 1.32. The highest BCUT2D eigenvalue weighted by atomic mass is 16.6. The Balaban J connectivity index is 1.68. The number of hydrogen-bond donors (Lipinski definition) is 1. The van der Waals surface area contributed by atoms with E-state index in [1.807, 2.05) is 12.1 Å². The predicted molar refractivity (Wildman–Crippen MR) is 71.6 cm³/mol. The minimum absolute atomic E-state index is 0.165. The summed E-state index contributed by atoms with van der Waals surface area (Å²) in [5, 5.41) is 14.0. The highest BCUT2D eigenvalue weighted by Crippen LogP contribution is 2.23. The first-order valence-electron chi connectivity index (χ1n) is 6.70. The molecule has 1 aliphatic carbocycles. The Morgan fingerprint density at radius 2 is 1.89 bits per heavy atom. The van der Waals surface area contributed by atoms with Crippen molar-refractivity contribution in [2.24, 2.45) is 5.92 Å². The molecule has 18 heavy (non-hydrogen) atoms. The number of nitrogens with one attached hydrogen (secondary N) is 1. The molecule has 1 saturated carbocycles. The Morgan fingerprint density at radius 1 is 1.22 bits per heavy atom. The molecule has 0 aromatic heterocycles. The highest BCUT2D eigenvalue weighted by Gasteiger charge is 2.13. The van der Waals surface area contributed by atoms with Crippen LogP contribution in [0.5, 0.6) is 0 Å². The summed E-state index contributed by atoms with van der Waals surface area (Å²) in [6, 6.07) is 6.84. The number of hydrogen-bond acceptors (Lipinski definition) is 3. The number of rotatable bonds is 6. The normalized spacial score (nSPS) is 16.0. The van der Waals surface area contributed by atoms with Gasteiger partial charge in [-0.3, -0.25) is 10.1 Å². The van der Waals surface area contributed by atoms with E-state index in [9.17, 15) is 10.1 Å². The molecule has 1 aromatic rings. The van der Waals surface area contributed by atoms with Crippen LogP contribution in [0.15, 0.2) is 24.3 Å². The van der Waals surface area contributed by atoms with Crippen molar-refractivity contribution in [3.63, 3.8) is 0 Å². The average molecular weight is 248 g/mol. The molecule has 0 bridgehead atoms. The van der Waals surface area contributed by atoms with Crippen LogP contribution in [0.2, 0.25) is 0 Å². The number of nitro benzene ring substituents is 1. The third-order valence-electron chi connectivity index (χ3n) is 3.65. The average Bonchev–Trinajstić information content (AvgIpc) is 2.88. The van der Waals surface area contributed by atoms with E-state index >= 15 is 0 Å². The van der Waals surface area contributed by atoms with E-state index in [0.29, 0.717) is 0 Å². The molecule has 0 radical (unpaired) electrons. The zero-order valence-electron chi connectivity index (χ0n) is 10.6. The zero-order chi connectivity index (χ0) is 12.8. The molecule has 0 spiro atoms. The van der Waals surface area contributed by atoms with E-state index in [4.69, 9.17) is 0 Å². The van der Waals surface area contributed by atoms with Crippen molar-refractivity contribution in [1.82, 2.24) is 5.32 Å². The molecule has 4 heteroatoms. The standard InChI is InChI=1S/C14H20N2O2/c17-16(18)14-7-5-12(6-8-14)9-10-15-11-13-3-1-2-4-13/h5-8,13,15H,1-4,9-11H2. The van der Waals surface area contributed by atoms with Crippen LogP contribution < -0.4 is 5.32 Å². The van der Waals surface area contributed by atoms with Crippen molar-refractivity contribution < 1.29 is 4.92 Å². The van der Waals surface area contributed by atoms with Gasteiger partial charge in [-0.05, 0) is 43.8 Å². The van der Waals surface area contributed by atoms with Gasteiger partial charge in [0.2, 0.25) is 0 Å². The fourth-order valence-corrected chi connectivity index (χ4v) is 2.54. The van der Waals surface area contributed by atoms with Crippen molar-refractivity contribution in [3.05, 3.63) is 39.9 Å². The van der Waals surface area contributed by atoms with Crippen LogP contribution in [0.4, 0.5) is 5.69 Å². The van der Waals surface area contributed by atoms with Gasteiger partial charge in [-0.25, -0.2) is 0 Å². The van der Waals surface area contributed by atoms with Crippen LogP contribution in [0.3, 0.4) is 0 Å². The summed E-state index contributed by atoms with van der Waals surface area (Å²) in [5.74, 6) is 0.863. The van der Waals surface area contributed by atoms with Crippen LogP contribution in [-0.4, -0.2) is 18.0 Å². The molecule has 98 valence electrons. The zero-order valence-corrected chi connectivity index (χ0v) is 10.6. The van der Waals surface area contributed by atoms with Crippen molar-refractivity contribution >= 4 is 5.69 Å². The lowest BCUT2D eigenvalue weighted by molar-refractivity contribution is -0.384. The summed E-state index contributed by atoms with van der Waals surface area (Å²) in [6.45, 7) is 2.07. The molecule has 1 aromatic carbocycles. The molecule has 0 amide bonds. The summed E-state index contributed by atoms with van der Waals surface area (Å²) in [7, 11) is 0. The van der Waals surface area contributed by atoms with E-state index in [-0.39, 0.29) is 10.6 Å². The first-order chi connectivity index (χ1) is 8.75. The minimum atomic E-state index is -0.359. The Kier molecular flexibility index (Phi) is 4.70. The van der Waals surface area contributed by atoms with E-state index in [2.05, 4.69) is 5.32 Å². The topological polar surface area (TPSA) is 55.2 Å². The van der Waals surface area contributed by atoms with Gasteiger partial charge in [0.1, 0.15) is 0 Å². The molecule has 4 nitrogen and oxygen atoms in total. The van der Waals surface area contributed by atoms with Gasteiger partial charge in [0, 0.05) is 12.1 Å². The van der Waals surface area contributed by atoms with Crippen LogP contribution in [0, 0.1) is 16.0 Å². The van der Waals surface area contributed by atoms with Gasteiger partial charge in [0.05, 0.1) is 4.92 Å². The maximum absolute atomic E-state index is 10.5. The second-order valence-corrected chi connectivity index (χ2v) is 5.03. The monoisotopic (exact) mass is 248 g/mol. The Bertz CT molecular complexity index is 383. The van der Waals surface area contributed by atoms with Crippen molar-refractivity contribution in [2.75, 3.05) is 13.1 Å². The maximum atomic E-state index is 10.5. The van der Waals surface area contributed by atoms with Gasteiger partial charge < -0.3 is 5.32 Å². The lowest BCUT2D eigenvalue weighted by Crippen LogP contribution is -2.23. The summed E-state index contributed by atoms with van der Waals surface area (Å²) in [4.78, 5) is 10.2. The molecule has 1 N–H and O–H groups in total. The third-order valence-corrected chi connectivity index (χ3v) is 3.65. The second kappa shape index (κ2) is 6.50. The van der Waals surface area contributed by atoms with Gasteiger partial charge in [0.25, 0.3) is 5.69 Å². The van der Waals surface area contributed by atoms with E-state index < -0.39 is 0 Å². The van der Waals surface area contributed by atoms with Crippen molar-refractivity contribution in [1.29, 1.82) is 0 Å². The number of non-ortho nitro benzene ring substituents is 1. The van der Waals surface area contributed by atoms with Gasteiger partial charge in [-0.2, -0.15) is 0 Å². The number of nitrogens with zero attached hydrogens (tertiary/aromatic N) is 1. The molecule has 0 heterocycles. The van der Waals surface area contributed by atoms with Crippen LogP contribution in [-0.2, 0) is 6.42 Å². The predicted octanol–water partition coefficient (Wildman–Crippen LogP) is 2.92. The summed E-state index contributed by atoms with van der Waals surface area (Å²) < 4.78 is 0. The largest absolute Gasteiger partial charge is 0.316 e. The molecule has 2 rings (SSSR count). The smallest absolute Gasteiger partial charge is 0.269 e. The molecule has 0 saturated heterocycles. The number of nitro groups is 1. The van der Waals surface area contributed by atoms with Crippen LogP contribution in [0.25, 0.3) is 0 Å². The van der Waals surface area contributed by atoms with Crippen molar-refractivity contribution in [3.8, 4) is 0 Å². The number of benzene rings is 1.